The van der Waals surface area contributed by atoms with Crippen LogP contribution in [0.25, 0.3) is 0 Å². The number of aliphatic hydroxyl groups excluding tert-OH is 1. The number of hydrogen-bond acceptors (Lipinski definition) is 3. The van der Waals surface area contributed by atoms with Crippen LogP contribution in [-0.2, 0) is 4.79 Å². The summed E-state index contributed by atoms with van der Waals surface area (Å²) >= 11 is 0. The fraction of sp³-hybridized carbons (Fsp3) is 0.750. The molecule has 0 spiro atoms. The summed E-state index contributed by atoms with van der Waals surface area (Å²) in [6.45, 7) is 9.88. The summed E-state index contributed by atoms with van der Waals surface area (Å²) in [4.78, 5) is 12.6. The van der Waals surface area contributed by atoms with Crippen LogP contribution in [0.1, 0.15) is 66.7 Å². The minimum atomic E-state index is -0.817. The molecule has 0 aromatic carbocycles. The maximum atomic E-state index is 12.6. The molecule has 23 heavy (non-hydrogen) atoms. The molecule has 0 saturated carbocycles. The molecule has 0 bridgehead atoms. The molecule has 0 aromatic heterocycles. The van der Waals surface area contributed by atoms with Crippen LogP contribution in [0.3, 0.4) is 0 Å². The molecule has 3 unspecified atom stereocenters. The topological polar surface area (TPSA) is 57.5 Å². The molecule has 0 amide bonds. The van der Waals surface area contributed by atoms with Crippen LogP contribution in [0, 0.1) is 17.3 Å². The molecular weight excluding hydrogens is 288 g/mol. The van der Waals surface area contributed by atoms with Gasteiger partial charge < -0.3 is 10.2 Å². The van der Waals surface area contributed by atoms with Crippen LogP contribution >= 0.6 is 0 Å². The summed E-state index contributed by atoms with van der Waals surface area (Å²) < 4.78 is 0. The van der Waals surface area contributed by atoms with E-state index in [1.165, 1.54) is 0 Å². The van der Waals surface area contributed by atoms with Crippen LogP contribution in [0.4, 0.5) is 0 Å². The first kappa shape index (κ1) is 20.1. The van der Waals surface area contributed by atoms with E-state index >= 15 is 0 Å². The van der Waals surface area contributed by atoms with E-state index in [0.29, 0.717) is 31.1 Å². The highest BCUT2D eigenvalue weighted by atomic mass is 16.3. The molecule has 132 valence electrons. The number of Topliss-reactive ketones (excluding diaryl/α,β-unsaturated/α-hetero) is 1. The second-order valence-electron chi connectivity index (χ2n) is 8.07. The van der Waals surface area contributed by atoms with E-state index in [1.807, 2.05) is 32.9 Å². The van der Waals surface area contributed by atoms with Gasteiger partial charge in [-0.25, -0.2) is 0 Å². The standard InChI is InChI=1S/C20H34O3/c1-15(2)17-8-11-19(4,14-21)18(22)13-16(3)7-6-10-20(5,23)12-9-17/h7,9,12,15,17,21,23H,6,8,10-11,13-14H2,1-5H3. The van der Waals surface area contributed by atoms with Gasteiger partial charge in [0.15, 0.2) is 0 Å². The fourth-order valence-electron chi connectivity index (χ4n) is 3.01. The molecule has 2 N–H and O–H groups in total. The summed E-state index contributed by atoms with van der Waals surface area (Å²) in [5, 5.41) is 20.3. The molecule has 1 rings (SSSR count). The number of allylic oxidation sites excluding steroid dienone is 3. The van der Waals surface area contributed by atoms with Gasteiger partial charge in [-0.15, -0.1) is 0 Å². The van der Waals surface area contributed by atoms with Gasteiger partial charge in [-0.1, -0.05) is 44.6 Å². The number of carbonyl (C=O) groups excluding carboxylic acids is 1. The zero-order valence-electron chi connectivity index (χ0n) is 15.4. The van der Waals surface area contributed by atoms with Gasteiger partial charge in [0.05, 0.1) is 12.2 Å². The van der Waals surface area contributed by atoms with Crippen molar-refractivity contribution in [3.05, 3.63) is 23.8 Å². The van der Waals surface area contributed by atoms with Crippen LogP contribution in [0.2, 0.25) is 0 Å². The Morgan fingerprint density at radius 3 is 2.52 bits per heavy atom. The number of carbonyl (C=O) groups is 1. The Hall–Kier alpha value is -0.930. The molecule has 3 nitrogen and oxygen atoms in total. The molecule has 0 aromatic rings. The van der Waals surface area contributed by atoms with Gasteiger partial charge in [0.1, 0.15) is 5.78 Å². The highest BCUT2D eigenvalue weighted by molar-refractivity contribution is 5.86. The normalized spacial score (nSPS) is 34.5. The lowest BCUT2D eigenvalue weighted by Gasteiger charge is -2.29. The highest BCUT2D eigenvalue weighted by Crippen LogP contribution is 2.32. The second kappa shape index (κ2) is 8.25. The lowest BCUT2D eigenvalue weighted by atomic mass is 9.76. The zero-order valence-corrected chi connectivity index (χ0v) is 15.4. The fourth-order valence-corrected chi connectivity index (χ4v) is 3.01. The van der Waals surface area contributed by atoms with Gasteiger partial charge in [-0.05, 0) is 51.4 Å². The average molecular weight is 322 g/mol. The smallest absolute Gasteiger partial charge is 0.145 e. The van der Waals surface area contributed by atoms with Crippen molar-refractivity contribution in [3.8, 4) is 0 Å². The number of hydrogen-bond donors (Lipinski definition) is 2. The van der Waals surface area contributed by atoms with E-state index in [0.717, 1.165) is 18.4 Å². The third kappa shape index (κ3) is 6.23. The van der Waals surface area contributed by atoms with Crippen molar-refractivity contribution in [2.75, 3.05) is 6.61 Å². The first-order valence-electron chi connectivity index (χ1n) is 8.81. The molecule has 0 aliphatic heterocycles. The predicted octanol–water partition coefficient (Wildman–Crippen LogP) is 4.04. The zero-order chi connectivity index (χ0) is 17.7. The van der Waals surface area contributed by atoms with E-state index in [4.69, 9.17) is 0 Å². The van der Waals surface area contributed by atoms with E-state index in [1.54, 1.807) is 0 Å². The van der Waals surface area contributed by atoms with Crippen molar-refractivity contribution >= 4 is 5.78 Å². The van der Waals surface area contributed by atoms with Crippen LogP contribution in [-0.4, -0.2) is 28.2 Å². The molecule has 0 heterocycles. The summed E-state index contributed by atoms with van der Waals surface area (Å²) in [7, 11) is 0. The van der Waals surface area contributed by atoms with Crippen molar-refractivity contribution in [2.24, 2.45) is 17.3 Å². The van der Waals surface area contributed by atoms with Gasteiger partial charge in [0.2, 0.25) is 0 Å². The lowest BCUT2D eigenvalue weighted by molar-refractivity contribution is -0.130. The molecule has 1 aliphatic carbocycles. The highest BCUT2D eigenvalue weighted by Gasteiger charge is 2.33. The van der Waals surface area contributed by atoms with Crippen LogP contribution in [0.5, 0.6) is 0 Å². The largest absolute Gasteiger partial charge is 0.395 e. The van der Waals surface area contributed by atoms with Crippen molar-refractivity contribution in [3.63, 3.8) is 0 Å². The summed E-state index contributed by atoms with van der Waals surface area (Å²) in [5.74, 6) is 0.853. The van der Waals surface area contributed by atoms with Gasteiger partial charge in [0, 0.05) is 11.8 Å². The molecule has 3 atom stereocenters. The maximum Gasteiger partial charge on any atom is 0.145 e. The first-order chi connectivity index (χ1) is 10.6. The van der Waals surface area contributed by atoms with E-state index < -0.39 is 11.0 Å². The minimum Gasteiger partial charge on any atom is -0.395 e. The Balaban J connectivity index is 3.08. The van der Waals surface area contributed by atoms with E-state index in [-0.39, 0.29) is 12.4 Å². The van der Waals surface area contributed by atoms with Crippen molar-refractivity contribution in [1.29, 1.82) is 0 Å². The third-order valence-electron chi connectivity index (χ3n) is 5.19. The summed E-state index contributed by atoms with van der Waals surface area (Å²) in [6, 6.07) is 0. The molecule has 1 aliphatic rings. The number of rotatable bonds is 2. The Kier molecular flexibility index (Phi) is 7.22. The Morgan fingerprint density at radius 2 is 1.96 bits per heavy atom. The molecule has 3 heteroatoms. The van der Waals surface area contributed by atoms with Crippen molar-refractivity contribution < 1.29 is 15.0 Å². The number of aliphatic hydroxyl groups is 2. The summed E-state index contributed by atoms with van der Waals surface area (Å²) in [5.41, 5.74) is -0.469. The van der Waals surface area contributed by atoms with Gasteiger partial charge in [-0.3, -0.25) is 4.79 Å². The second-order valence-corrected chi connectivity index (χ2v) is 8.07. The molecular formula is C20H34O3. The van der Waals surface area contributed by atoms with Crippen LogP contribution < -0.4 is 0 Å². The minimum absolute atomic E-state index is 0.106. The van der Waals surface area contributed by atoms with E-state index in [2.05, 4.69) is 19.9 Å². The molecule has 0 saturated heterocycles. The lowest BCUT2D eigenvalue weighted by Crippen LogP contribution is -2.32. The van der Waals surface area contributed by atoms with Gasteiger partial charge in [0.25, 0.3) is 0 Å². The number of ketones is 1. The first-order valence-corrected chi connectivity index (χ1v) is 8.81. The molecule has 0 radical (unpaired) electrons. The Morgan fingerprint density at radius 1 is 1.30 bits per heavy atom. The Bertz CT molecular complexity index is 460. The Labute approximate surface area is 141 Å². The maximum absolute atomic E-state index is 12.6. The van der Waals surface area contributed by atoms with E-state index in [9.17, 15) is 15.0 Å². The van der Waals surface area contributed by atoms with Gasteiger partial charge >= 0.3 is 0 Å². The van der Waals surface area contributed by atoms with Crippen LogP contribution in [0.15, 0.2) is 23.8 Å². The summed E-state index contributed by atoms with van der Waals surface area (Å²) in [6.07, 6.45) is 9.35. The van der Waals surface area contributed by atoms with Crippen molar-refractivity contribution in [1.82, 2.24) is 0 Å². The predicted molar refractivity (Wildman–Crippen MR) is 95.1 cm³/mol. The quantitative estimate of drug-likeness (QED) is 0.754. The molecule has 0 fully saturated rings. The van der Waals surface area contributed by atoms with Gasteiger partial charge in [-0.2, -0.15) is 0 Å². The third-order valence-corrected chi connectivity index (χ3v) is 5.19. The SMILES string of the molecule is CC1=CCCC(C)(O)C=CC(C(C)C)CCC(C)(CO)C(=O)C1. The van der Waals surface area contributed by atoms with Crippen molar-refractivity contribution in [2.45, 2.75) is 72.3 Å². The monoisotopic (exact) mass is 322 g/mol. The average Bonchev–Trinajstić information content (AvgIpc) is 2.45.